The standard InChI is InChI=1S/C11H21ClN2O/c1-13(2)9-6-4-5-7-10(9)14(3)11(15)8-12/h9-10H,4-8H2,1-3H3. The van der Waals surface area contributed by atoms with Crippen molar-refractivity contribution >= 4 is 17.5 Å². The molecule has 1 amide bonds. The van der Waals surface area contributed by atoms with Crippen LogP contribution in [0.1, 0.15) is 25.7 Å². The van der Waals surface area contributed by atoms with Gasteiger partial charge in [0.15, 0.2) is 0 Å². The van der Waals surface area contributed by atoms with Crippen molar-refractivity contribution < 1.29 is 4.79 Å². The molecule has 0 spiro atoms. The van der Waals surface area contributed by atoms with E-state index in [0.717, 1.165) is 6.42 Å². The predicted molar refractivity (Wildman–Crippen MR) is 63.2 cm³/mol. The van der Waals surface area contributed by atoms with Crippen LogP contribution in [-0.4, -0.2) is 54.8 Å². The zero-order chi connectivity index (χ0) is 11.4. The summed E-state index contributed by atoms with van der Waals surface area (Å²) in [4.78, 5) is 15.6. The fourth-order valence-corrected chi connectivity index (χ4v) is 2.61. The Kier molecular flexibility index (Phi) is 4.87. The van der Waals surface area contributed by atoms with E-state index in [0.29, 0.717) is 12.1 Å². The fourth-order valence-electron chi connectivity index (χ4n) is 2.43. The predicted octanol–water partition coefficient (Wildman–Crippen LogP) is 1.56. The van der Waals surface area contributed by atoms with Crippen molar-refractivity contribution in [3.8, 4) is 0 Å². The minimum atomic E-state index is 0.0374. The SMILES string of the molecule is CN(C)C1CCCCC1N(C)C(=O)CCl. The number of rotatable bonds is 3. The van der Waals surface area contributed by atoms with Crippen LogP contribution in [0.25, 0.3) is 0 Å². The molecule has 2 atom stereocenters. The maximum atomic E-state index is 11.6. The number of likely N-dealkylation sites (N-methyl/N-ethyl adjacent to an activating group) is 2. The molecule has 0 bridgehead atoms. The highest BCUT2D eigenvalue weighted by Gasteiger charge is 2.31. The van der Waals surface area contributed by atoms with E-state index >= 15 is 0 Å². The molecular weight excluding hydrogens is 212 g/mol. The van der Waals surface area contributed by atoms with Crippen molar-refractivity contribution in [3.63, 3.8) is 0 Å². The first-order valence-electron chi connectivity index (χ1n) is 5.56. The number of hydrogen-bond donors (Lipinski definition) is 0. The topological polar surface area (TPSA) is 23.6 Å². The Labute approximate surface area is 97.4 Å². The average Bonchev–Trinajstić information content (AvgIpc) is 2.27. The van der Waals surface area contributed by atoms with Crippen LogP contribution in [0.4, 0.5) is 0 Å². The second kappa shape index (κ2) is 5.71. The van der Waals surface area contributed by atoms with E-state index in [2.05, 4.69) is 19.0 Å². The zero-order valence-corrected chi connectivity index (χ0v) is 10.6. The summed E-state index contributed by atoms with van der Waals surface area (Å²) in [6.45, 7) is 0. The summed E-state index contributed by atoms with van der Waals surface area (Å²) in [5, 5.41) is 0. The summed E-state index contributed by atoms with van der Waals surface area (Å²) in [5.41, 5.74) is 0. The Morgan fingerprint density at radius 3 is 2.20 bits per heavy atom. The third kappa shape index (κ3) is 3.08. The van der Waals surface area contributed by atoms with E-state index in [1.165, 1.54) is 19.3 Å². The van der Waals surface area contributed by atoms with Crippen LogP contribution in [0, 0.1) is 0 Å². The van der Waals surface area contributed by atoms with Gasteiger partial charge in [0.2, 0.25) is 5.91 Å². The van der Waals surface area contributed by atoms with Crippen LogP contribution < -0.4 is 0 Å². The van der Waals surface area contributed by atoms with E-state index < -0.39 is 0 Å². The van der Waals surface area contributed by atoms with Gasteiger partial charge in [0.05, 0.1) is 0 Å². The van der Waals surface area contributed by atoms with Crippen molar-refractivity contribution in [2.75, 3.05) is 27.0 Å². The molecular formula is C11H21ClN2O. The van der Waals surface area contributed by atoms with Crippen LogP contribution >= 0.6 is 11.6 Å². The third-order valence-corrected chi connectivity index (χ3v) is 3.59. The summed E-state index contributed by atoms with van der Waals surface area (Å²) >= 11 is 5.59. The lowest BCUT2D eigenvalue weighted by Crippen LogP contribution is -2.52. The van der Waals surface area contributed by atoms with E-state index in [1.807, 2.05) is 11.9 Å². The molecule has 1 fully saturated rings. The molecule has 0 aromatic heterocycles. The molecule has 0 heterocycles. The molecule has 0 aliphatic heterocycles. The Bertz CT molecular complexity index is 221. The normalized spacial score (nSPS) is 26.7. The Morgan fingerprint density at radius 1 is 1.20 bits per heavy atom. The van der Waals surface area contributed by atoms with E-state index in [9.17, 15) is 4.79 Å². The minimum absolute atomic E-state index is 0.0374. The molecule has 0 radical (unpaired) electrons. The van der Waals surface area contributed by atoms with Crippen molar-refractivity contribution in [3.05, 3.63) is 0 Å². The Hall–Kier alpha value is -0.280. The first-order valence-corrected chi connectivity index (χ1v) is 6.09. The fraction of sp³-hybridized carbons (Fsp3) is 0.909. The van der Waals surface area contributed by atoms with Crippen LogP contribution in [0.3, 0.4) is 0 Å². The van der Waals surface area contributed by atoms with Gasteiger partial charge in [0.25, 0.3) is 0 Å². The molecule has 1 aliphatic rings. The Morgan fingerprint density at radius 2 is 1.73 bits per heavy atom. The number of nitrogens with zero attached hydrogens (tertiary/aromatic N) is 2. The zero-order valence-electron chi connectivity index (χ0n) is 9.87. The number of carbonyl (C=O) groups is 1. The lowest BCUT2D eigenvalue weighted by Gasteiger charge is -2.41. The molecule has 0 aromatic carbocycles. The summed E-state index contributed by atoms with van der Waals surface area (Å²) in [7, 11) is 6.04. The summed E-state index contributed by atoms with van der Waals surface area (Å²) in [5.74, 6) is 0.128. The average molecular weight is 233 g/mol. The van der Waals surface area contributed by atoms with Gasteiger partial charge in [-0.15, -0.1) is 11.6 Å². The van der Waals surface area contributed by atoms with Gasteiger partial charge >= 0.3 is 0 Å². The van der Waals surface area contributed by atoms with Crippen molar-refractivity contribution in [1.82, 2.24) is 9.80 Å². The molecule has 2 unspecified atom stereocenters. The van der Waals surface area contributed by atoms with E-state index in [1.54, 1.807) is 0 Å². The van der Waals surface area contributed by atoms with Gasteiger partial charge in [-0.2, -0.15) is 0 Å². The van der Waals surface area contributed by atoms with Gasteiger partial charge in [-0.1, -0.05) is 12.8 Å². The molecule has 88 valence electrons. The van der Waals surface area contributed by atoms with Crippen LogP contribution in [0.5, 0.6) is 0 Å². The van der Waals surface area contributed by atoms with Crippen LogP contribution in [-0.2, 0) is 4.79 Å². The second-order valence-corrected chi connectivity index (χ2v) is 4.79. The van der Waals surface area contributed by atoms with Gasteiger partial charge in [-0.25, -0.2) is 0 Å². The van der Waals surface area contributed by atoms with Crippen molar-refractivity contribution in [2.24, 2.45) is 0 Å². The van der Waals surface area contributed by atoms with Crippen LogP contribution in [0.2, 0.25) is 0 Å². The number of alkyl halides is 1. The molecule has 3 nitrogen and oxygen atoms in total. The quantitative estimate of drug-likeness (QED) is 0.690. The minimum Gasteiger partial charge on any atom is -0.340 e. The first-order chi connectivity index (χ1) is 7.07. The highest BCUT2D eigenvalue weighted by Crippen LogP contribution is 2.25. The number of amides is 1. The molecule has 4 heteroatoms. The van der Waals surface area contributed by atoms with Gasteiger partial charge in [0.1, 0.15) is 5.88 Å². The van der Waals surface area contributed by atoms with Crippen molar-refractivity contribution in [2.45, 2.75) is 37.8 Å². The van der Waals surface area contributed by atoms with Crippen molar-refractivity contribution in [1.29, 1.82) is 0 Å². The summed E-state index contributed by atoms with van der Waals surface area (Å²) < 4.78 is 0. The molecule has 0 saturated heterocycles. The number of carbonyl (C=O) groups excluding carboxylic acids is 1. The summed E-state index contributed by atoms with van der Waals surface area (Å²) in [6.07, 6.45) is 4.76. The molecule has 1 aliphatic carbocycles. The molecule has 15 heavy (non-hydrogen) atoms. The van der Waals surface area contributed by atoms with E-state index in [-0.39, 0.29) is 11.8 Å². The highest BCUT2D eigenvalue weighted by molar-refractivity contribution is 6.27. The van der Waals surface area contributed by atoms with Crippen LogP contribution in [0.15, 0.2) is 0 Å². The largest absolute Gasteiger partial charge is 0.340 e. The smallest absolute Gasteiger partial charge is 0.237 e. The first kappa shape index (κ1) is 12.8. The highest BCUT2D eigenvalue weighted by atomic mass is 35.5. The lowest BCUT2D eigenvalue weighted by molar-refractivity contribution is -0.131. The molecule has 0 N–H and O–H groups in total. The molecule has 1 saturated carbocycles. The maximum Gasteiger partial charge on any atom is 0.237 e. The van der Waals surface area contributed by atoms with Gasteiger partial charge in [0, 0.05) is 19.1 Å². The third-order valence-electron chi connectivity index (χ3n) is 3.36. The molecule has 1 rings (SSSR count). The Balaban J connectivity index is 2.67. The van der Waals surface area contributed by atoms with Gasteiger partial charge in [-0.05, 0) is 26.9 Å². The van der Waals surface area contributed by atoms with Gasteiger partial charge in [-0.3, -0.25) is 4.79 Å². The van der Waals surface area contributed by atoms with E-state index in [4.69, 9.17) is 11.6 Å². The second-order valence-electron chi connectivity index (χ2n) is 4.52. The summed E-state index contributed by atoms with van der Waals surface area (Å²) in [6, 6.07) is 0.816. The molecule has 0 aromatic rings. The monoisotopic (exact) mass is 232 g/mol. The number of halogens is 1. The number of hydrogen-bond acceptors (Lipinski definition) is 2. The lowest BCUT2D eigenvalue weighted by atomic mass is 9.88. The maximum absolute atomic E-state index is 11.6. The van der Waals surface area contributed by atoms with Gasteiger partial charge < -0.3 is 9.80 Å².